The van der Waals surface area contributed by atoms with Crippen molar-refractivity contribution in [1.29, 1.82) is 0 Å². The first-order valence-electron chi connectivity index (χ1n) is 10.1. The van der Waals surface area contributed by atoms with Gasteiger partial charge in [0.15, 0.2) is 12.2 Å². The molecule has 2 rings (SSSR count). The van der Waals surface area contributed by atoms with E-state index >= 15 is 0 Å². The fraction of sp³-hybridized carbons (Fsp3) is 0.292. The lowest BCUT2D eigenvalue weighted by Gasteiger charge is -2.24. The van der Waals surface area contributed by atoms with Crippen LogP contribution in [0.4, 0.5) is 5.69 Å². The van der Waals surface area contributed by atoms with Crippen molar-refractivity contribution in [1.82, 2.24) is 10.2 Å². The van der Waals surface area contributed by atoms with Gasteiger partial charge in [-0.1, -0.05) is 30.0 Å². The molecule has 0 aliphatic carbocycles. The smallest absolute Gasteiger partial charge is 0.254 e. The van der Waals surface area contributed by atoms with Crippen LogP contribution in [0.15, 0.2) is 54.6 Å². The third kappa shape index (κ3) is 7.43. The second-order valence-electron chi connectivity index (χ2n) is 7.53. The maximum atomic E-state index is 12.6. The molecule has 0 spiro atoms. The van der Waals surface area contributed by atoms with Crippen molar-refractivity contribution in [2.75, 3.05) is 19.4 Å². The van der Waals surface area contributed by atoms with Crippen LogP contribution in [0.25, 0.3) is 0 Å². The summed E-state index contributed by atoms with van der Waals surface area (Å²) in [5.74, 6) is 3.22. The van der Waals surface area contributed by atoms with Gasteiger partial charge in [0.25, 0.3) is 11.8 Å². The second kappa shape index (κ2) is 11.8. The van der Waals surface area contributed by atoms with E-state index in [-0.39, 0.29) is 0 Å². The Morgan fingerprint density at radius 2 is 1.36 bits per heavy atom. The lowest BCUT2D eigenvalue weighted by molar-refractivity contribution is -0.152. The molecule has 0 saturated heterocycles. The molecule has 2 aromatic carbocycles. The third-order valence-electron chi connectivity index (χ3n) is 4.60. The summed E-state index contributed by atoms with van der Waals surface area (Å²) in [5.41, 5.74) is 1.98. The van der Waals surface area contributed by atoms with Crippen molar-refractivity contribution in [2.45, 2.75) is 31.3 Å². The zero-order chi connectivity index (χ0) is 24.5. The molecular weight excluding hydrogens is 426 g/mol. The predicted molar refractivity (Wildman–Crippen MR) is 122 cm³/mol. The highest BCUT2D eigenvalue weighted by molar-refractivity contribution is 5.99. The fourth-order valence-electron chi connectivity index (χ4n) is 2.71. The first-order chi connectivity index (χ1) is 15.6. The van der Waals surface area contributed by atoms with E-state index in [0.29, 0.717) is 5.69 Å². The van der Waals surface area contributed by atoms with Crippen molar-refractivity contribution in [3.05, 3.63) is 65.7 Å². The number of carbonyl (C=O) groups is 3. The highest BCUT2D eigenvalue weighted by Gasteiger charge is 2.34. The van der Waals surface area contributed by atoms with E-state index in [9.17, 15) is 29.7 Å². The van der Waals surface area contributed by atoms with Crippen LogP contribution in [0.2, 0.25) is 0 Å². The summed E-state index contributed by atoms with van der Waals surface area (Å²) in [4.78, 5) is 37.5. The van der Waals surface area contributed by atoms with E-state index in [4.69, 9.17) is 0 Å². The molecule has 2 aromatic rings. The molecule has 0 saturated carbocycles. The van der Waals surface area contributed by atoms with Crippen molar-refractivity contribution < 1.29 is 29.7 Å². The summed E-state index contributed by atoms with van der Waals surface area (Å²) in [6.45, 7) is 1.28. The SMILES string of the molecule is CC(O)C(NC(=O)C(O)C(O)C(=O)N(C)C)C(=O)Nc1ccc(C#Cc2ccccc2)cc1. The number of carbonyl (C=O) groups excluding carboxylic acids is 3. The van der Waals surface area contributed by atoms with Crippen LogP contribution < -0.4 is 10.6 Å². The van der Waals surface area contributed by atoms with Crippen LogP contribution in [0, 0.1) is 11.8 Å². The molecule has 0 radical (unpaired) electrons. The molecule has 0 aliphatic rings. The maximum Gasteiger partial charge on any atom is 0.254 e. The topological polar surface area (TPSA) is 139 Å². The Kier molecular flexibility index (Phi) is 9.12. The highest BCUT2D eigenvalue weighted by atomic mass is 16.3. The van der Waals surface area contributed by atoms with E-state index in [0.717, 1.165) is 16.0 Å². The van der Waals surface area contributed by atoms with Crippen molar-refractivity contribution >= 4 is 23.4 Å². The van der Waals surface area contributed by atoms with E-state index in [2.05, 4.69) is 22.5 Å². The average molecular weight is 453 g/mol. The Bertz CT molecular complexity index is 1030. The van der Waals surface area contributed by atoms with Gasteiger partial charge < -0.3 is 30.9 Å². The van der Waals surface area contributed by atoms with Crippen LogP contribution in [-0.4, -0.2) is 76.4 Å². The number of hydrogen-bond acceptors (Lipinski definition) is 6. The summed E-state index contributed by atoms with van der Waals surface area (Å²) in [5, 5.41) is 34.4. The first kappa shape index (κ1) is 25.5. The van der Waals surface area contributed by atoms with Crippen molar-refractivity contribution in [2.24, 2.45) is 0 Å². The van der Waals surface area contributed by atoms with Crippen LogP contribution >= 0.6 is 0 Å². The van der Waals surface area contributed by atoms with Gasteiger partial charge in [0.1, 0.15) is 6.04 Å². The van der Waals surface area contributed by atoms with Crippen LogP contribution in [0.5, 0.6) is 0 Å². The fourth-order valence-corrected chi connectivity index (χ4v) is 2.71. The van der Waals surface area contributed by atoms with E-state index in [1.54, 1.807) is 24.3 Å². The number of anilines is 1. The second-order valence-corrected chi connectivity index (χ2v) is 7.53. The minimum atomic E-state index is -2.11. The van der Waals surface area contributed by atoms with Gasteiger partial charge in [-0.05, 0) is 43.3 Å². The number of benzene rings is 2. The lowest BCUT2D eigenvalue weighted by atomic mass is 10.1. The Balaban J connectivity index is 2.03. The van der Waals surface area contributed by atoms with Crippen LogP contribution in [-0.2, 0) is 14.4 Å². The monoisotopic (exact) mass is 453 g/mol. The standard InChI is InChI=1S/C24H27N3O6/c1-15(28)19(26-23(32)20(29)21(30)24(33)27(2)3)22(31)25-18-13-11-17(12-14-18)10-9-16-7-5-4-6-8-16/h4-8,11-15,19-21,28-30H,1-3H3,(H,25,31)(H,26,32). The maximum absolute atomic E-state index is 12.6. The molecule has 0 aliphatic heterocycles. The summed E-state index contributed by atoms with van der Waals surface area (Å²) in [6, 6.07) is 14.6. The van der Waals surface area contributed by atoms with Gasteiger partial charge in [0.2, 0.25) is 5.91 Å². The molecule has 174 valence electrons. The van der Waals surface area contributed by atoms with Crippen LogP contribution in [0.3, 0.4) is 0 Å². The van der Waals surface area contributed by atoms with Gasteiger partial charge in [-0.25, -0.2) is 0 Å². The third-order valence-corrected chi connectivity index (χ3v) is 4.60. The molecule has 4 atom stereocenters. The molecule has 0 heterocycles. The van der Waals surface area contributed by atoms with Gasteiger partial charge in [-0.3, -0.25) is 14.4 Å². The van der Waals surface area contributed by atoms with E-state index < -0.39 is 42.1 Å². The Hall–Kier alpha value is -3.71. The zero-order valence-corrected chi connectivity index (χ0v) is 18.5. The summed E-state index contributed by atoms with van der Waals surface area (Å²) >= 11 is 0. The summed E-state index contributed by atoms with van der Waals surface area (Å²) in [7, 11) is 2.70. The first-order valence-corrected chi connectivity index (χ1v) is 10.1. The van der Waals surface area contributed by atoms with Crippen molar-refractivity contribution in [3.63, 3.8) is 0 Å². The number of aliphatic hydroxyl groups is 3. The normalized spacial score (nSPS) is 14.0. The highest BCUT2D eigenvalue weighted by Crippen LogP contribution is 2.11. The number of likely N-dealkylation sites (N-methyl/N-ethyl adjacent to an activating group) is 1. The molecule has 3 amide bonds. The van der Waals surface area contributed by atoms with Gasteiger partial charge in [-0.2, -0.15) is 0 Å². The molecule has 9 heteroatoms. The minimum Gasteiger partial charge on any atom is -0.391 e. The number of nitrogens with one attached hydrogen (secondary N) is 2. The number of amides is 3. The quantitative estimate of drug-likeness (QED) is 0.365. The largest absolute Gasteiger partial charge is 0.391 e. The van der Waals surface area contributed by atoms with Gasteiger partial charge in [0, 0.05) is 30.9 Å². The lowest BCUT2D eigenvalue weighted by Crippen LogP contribution is -2.56. The molecule has 0 bridgehead atoms. The molecule has 0 aromatic heterocycles. The Labute approximate surface area is 192 Å². The van der Waals surface area contributed by atoms with E-state index in [1.807, 2.05) is 30.3 Å². The summed E-state index contributed by atoms with van der Waals surface area (Å²) < 4.78 is 0. The number of rotatable bonds is 7. The minimum absolute atomic E-state index is 0.397. The zero-order valence-electron chi connectivity index (χ0n) is 18.5. The Morgan fingerprint density at radius 1 is 0.818 bits per heavy atom. The molecule has 0 fully saturated rings. The predicted octanol–water partition coefficient (Wildman–Crippen LogP) is -0.299. The van der Waals surface area contributed by atoms with Crippen LogP contribution in [0.1, 0.15) is 18.1 Å². The van der Waals surface area contributed by atoms with Gasteiger partial charge in [0.05, 0.1) is 6.10 Å². The Morgan fingerprint density at radius 3 is 1.88 bits per heavy atom. The molecule has 4 unspecified atom stereocenters. The molecule has 33 heavy (non-hydrogen) atoms. The molecule has 9 nitrogen and oxygen atoms in total. The van der Waals surface area contributed by atoms with Gasteiger partial charge in [-0.15, -0.1) is 0 Å². The average Bonchev–Trinajstić information content (AvgIpc) is 2.80. The van der Waals surface area contributed by atoms with Crippen molar-refractivity contribution in [3.8, 4) is 11.8 Å². The number of hydrogen-bond donors (Lipinski definition) is 5. The summed E-state index contributed by atoms with van der Waals surface area (Å²) in [6.07, 6.45) is -5.45. The van der Waals surface area contributed by atoms with Gasteiger partial charge >= 0.3 is 0 Å². The molecular formula is C24H27N3O6. The molecule has 5 N–H and O–H groups in total. The number of aliphatic hydroxyl groups excluding tert-OH is 3. The number of nitrogens with zero attached hydrogens (tertiary/aromatic N) is 1. The van der Waals surface area contributed by atoms with E-state index in [1.165, 1.54) is 21.0 Å².